The summed E-state index contributed by atoms with van der Waals surface area (Å²) in [4.78, 5) is 0. The number of rotatable bonds is 0. The van der Waals surface area contributed by atoms with Crippen LogP contribution in [-0.4, -0.2) is 18.2 Å². The van der Waals surface area contributed by atoms with Crippen LogP contribution in [0, 0.1) is 5.41 Å². The van der Waals surface area contributed by atoms with E-state index in [4.69, 9.17) is 10.5 Å². The topological polar surface area (TPSA) is 35.2 Å². The Morgan fingerprint density at radius 3 is 2.18 bits per heavy atom. The number of nitrogens with two attached hydrogens (primary N) is 1. The molecule has 0 aromatic heterocycles. The van der Waals surface area contributed by atoms with Gasteiger partial charge in [0.1, 0.15) is 0 Å². The molecule has 2 aliphatic rings. The SMILES string of the molecule is CC1(C)COC2(CCC2)[C@H]1N. The normalized spacial score (nSPS) is 39.0. The first kappa shape index (κ1) is 7.56. The Kier molecular flexibility index (Phi) is 1.37. The van der Waals surface area contributed by atoms with Crippen LogP contribution in [0.2, 0.25) is 0 Å². The maximum absolute atomic E-state index is 6.13. The lowest BCUT2D eigenvalue weighted by Crippen LogP contribution is -2.54. The van der Waals surface area contributed by atoms with Crippen LogP contribution >= 0.6 is 0 Å². The molecular formula is C9H17NO. The summed E-state index contributed by atoms with van der Waals surface area (Å²) in [5, 5.41) is 0. The van der Waals surface area contributed by atoms with Gasteiger partial charge in [-0.25, -0.2) is 0 Å². The molecule has 1 saturated carbocycles. The Morgan fingerprint density at radius 2 is 2.00 bits per heavy atom. The van der Waals surface area contributed by atoms with E-state index in [0.717, 1.165) is 6.61 Å². The zero-order chi connectivity index (χ0) is 8.11. The van der Waals surface area contributed by atoms with E-state index < -0.39 is 0 Å². The minimum absolute atomic E-state index is 0.0868. The van der Waals surface area contributed by atoms with Crippen LogP contribution in [0.15, 0.2) is 0 Å². The smallest absolute Gasteiger partial charge is 0.0839 e. The second-order valence-corrected chi connectivity index (χ2v) is 4.67. The zero-order valence-corrected chi connectivity index (χ0v) is 7.39. The standard InChI is InChI=1S/C9H17NO/c1-8(2)6-11-9(7(8)10)4-3-5-9/h7H,3-6,10H2,1-2H3/t7-/m0/s1. The van der Waals surface area contributed by atoms with Gasteiger partial charge in [-0.3, -0.25) is 0 Å². The van der Waals surface area contributed by atoms with Gasteiger partial charge in [-0.15, -0.1) is 0 Å². The zero-order valence-electron chi connectivity index (χ0n) is 7.39. The highest BCUT2D eigenvalue weighted by Crippen LogP contribution is 2.48. The lowest BCUT2D eigenvalue weighted by Gasteiger charge is -2.42. The van der Waals surface area contributed by atoms with Crippen LogP contribution in [0.25, 0.3) is 0 Å². The third kappa shape index (κ3) is 0.859. The molecule has 0 radical (unpaired) electrons. The molecule has 2 heteroatoms. The lowest BCUT2D eigenvalue weighted by atomic mass is 9.69. The first-order valence-corrected chi connectivity index (χ1v) is 4.46. The molecular weight excluding hydrogens is 138 g/mol. The number of ether oxygens (including phenoxy) is 1. The molecule has 11 heavy (non-hydrogen) atoms. The molecule has 64 valence electrons. The fourth-order valence-electron chi connectivity index (χ4n) is 2.20. The Hall–Kier alpha value is -0.0800. The Morgan fingerprint density at radius 1 is 1.36 bits per heavy atom. The van der Waals surface area contributed by atoms with E-state index in [9.17, 15) is 0 Å². The summed E-state index contributed by atoms with van der Waals surface area (Å²) in [6, 6.07) is 0.253. The van der Waals surface area contributed by atoms with Crippen molar-refractivity contribution >= 4 is 0 Å². The van der Waals surface area contributed by atoms with Crippen molar-refractivity contribution in [3.63, 3.8) is 0 Å². The quantitative estimate of drug-likeness (QED) is 0.572. The molecule has 0 aromatic rings. The Labute approximate surface area is 68.1 Å². The predicted molar refractivity (Wildman–Crippen MR) is 44.3 cm³/mol. The van der Waals surface area contributed by atoms with E-state index >= 15 is 0 Å². The molecule has 0 bridgehead atoms. The predicted octanol–water partition coefficient (Wildman–Crippen LogP) is 1.29. The van der Waals surface area contributed by atoms with E-state index in [0.29, 0.717) is 0 Å². The summed E-state index contributed by atoms with van der Waals surface area (Å²) >= 11 is 0. The summed E-state index contributed by atoms with van der Waals surface area (Å²) < 4.78 is 5.78. The van der Waals surface area contributed by atoms with Gasteiger partial charge >= 0.3 is 0 Å². The van der Waals surface area contributed by atoms with Crippen molar-refractivity contribution < 1.29 is 4.74 Å². The molecule has 0 amide bonds. The molecule has 1 aliphatic carbocycles. The van der Waals surface area contributed by atoms with Gasteiger partial charge in [0.2, 0.25) is 0 Å². The monoisotopic (exact) mass is 155 g/mol. The second kappa shape index (κ2) is 1.99. The van der Waals surface area contributed by atoms with Crippen LogP contribution in [-0.2, 0) is 4.74 Å². The number of hydrogen-bond acceptors (Lipinski definition) is 2. The van der Waals surface area contributed by atoms with Gasteiger partial charge in [0, 0.05) is 11.5 Å². The van der Waals surface area contributed by atoms with Crippen LogP contribution in [0.1, 0.15) is 33.1 Å². The van der Waals surface area contributed by atoms with Gasteiger partial charge in [-0.2, -0.15) is 0 Å². The van der Waals surface area contributed by atoms with Crippen molar-refractivity contribution in [1.82, 2.24) is 0 Å². The van der Waals surface area contributed by atoms with Gasteiger partial charge < -0.3 is 10.5 Å². The minimum atomic E-state index is 0.0868. The van der Waals surface area contributed by atoms with Crippen molar-refractivity contribution in [3.05, 3.63) is 0 Å². The highest BCUT2D eigenvalue weighted by atomic mass is 16.5. The fraction of sp³-hybridized carbons (Fsp3) is 1.00. The van der Waals surface area contributed by atoms with E-state index in [1.165, 1.54) is 19.3 Å². The van der Waals surface area contributed by atoms with Crippen LogP contribution in [0.3, 0.4) is 0 Å². The van der Waals surface area contributed by atoms with Crippen LogP contribution < -0.4 is 5.73 Å². The fourth-order valence-corrected chi connectivity index (χ4v) is 2.20. The molecule has 1 atom stereocenters. The van der Waals surface area contributed by atoms with Crippen molar-refractivity contribution in [1.29, 1.82) is 0 Å². The first-order chi connectivity index (χ1) is 5.07. The van der Waals surface area contributed by atoms with E-state index in [1.807, 2.05) is 0 Å². The third-order valence-corrected chi connectivity index (χ3v) is 3.34. The number of hydrogen-bond donors (Lipinski definition) is 1. The molecule has 2 rings (SSSR count). The lowest BCUT2D eigenvalue weighted by molar-refractivity contribution is -0.0645. The van der Waals surface area contributed by atoms with Gasteiger partial charge in [0.15, 0.2) is 0 Å². The maximum atomic E-state index is 6.13. The molecule has 1 spiro atoms. The average molecular weight is 155 g/mol. The molecule has 0 unspecified atom stereocenters. The van der Waals surface area contributed by atoms with Gasteiger partial charge in [-0.05, 0) is 19.3 Å². The molecule has 2 N–H and O–H groups in total. The molecule has 1 heterocycles. The summed E-state index contributed by atoms with van der Waals surface area (Å²) in [6.45, 7) is 5.24. The minimum Gasteiger partial charge on any atom is -0.373 e. The van der Waals surface area contributed by atoms with Crippen molar-refractivity contribution in [2.75, 3.05) is 6.61 Å². The van der Waals surface area contributed by atoms with Gasteiger partial charge in [0.05, 0.1) is 12.2 Å². The molecule has 1 aliphatic heterocycles. The summed E-state index contributed by atoms with van der Waals surface area (Å²) in [6.07, 6.45) is 3.65. The highest BCUT2D eigenvalue weighted by molar-refractivity contribution is 5.08. The summed E-state index contributed by atoms with van der Waals surface area (Å²) in [5.74, 6) is 0. The Balaban J connectivity index is 2.17. The second-order valence-electron chi connectivity index (χ2n) is 4.67. The van der Waals surface area contributed by atoms with Gasteiger partial charge in [0.25, 0.3) is 0 Å². The third-order valence-electron chi connectivity index (χ3n) is 3.34. The van der Waals surface area contributed by atoms with Crippen molar-refractivity contribution in [3.8, 4) is 0 Å². The van der Waals surface area contributed by atoms with Crippen LogP contribution in [0.5, 0.6) is 0 Å². The Bertz CT molecular complexity index is 172. The molecule has 2 nitrogen and oxygen atoms in total. The van der Waals surface area contributed by atoms with Crippen molar-refractivity contribution in [2.24, 2.45) is 11.1 Å². The average Bonchev–Trinajstić information content (AvgIpc) is 2.05. The van der Waals surface area contributed by atoms with Gasteiger partial charge in [-0.1, -0.05) is 13.8 Å². The molecule has 1 saturated heterocycles. The largest absolute Gasteiger partial charge is 0.373 e. The summed E-state index contributed by atoms with van der Waals surface area (Å²) in [7, 11) is 0. The van der Waals surface area contributed by atoms with Crippen LogP contribution in [0.4, 0.5) is 0 Å². The van der Waals surface area contributed by atoms with E-state index in [1.54, 1.807) is 0 Å². The van der Waals surface area contributed by atoms with E-state index in [-0.39, 0.29) is 17.1 Å². The first-order valence-electron chi connectivity index (χ1n) is 4.46. The van der Waals surface area contributed by atoms with Crippen molar-refractivity contribution in [2.45, 2.75) is 44.8 Å². The maximum Gasteiger partial charge on any atom is 0.0839 e. The molecule has 0 aromatic carbocycles. The van der Waals surface area contributed by atoms with E-state index in [2.05, 4.69) is 13.8 Å². The highest BCUT2D eigenvalue weighted by Gasteiger charge is 2.54. The summed E-state index contributed by atoms with van der Waals surface area (Å²) in [5.41, 5.74) is 6.41. The molecule has 2 fully saturated rings.